The van der Waals surface area contributed by atoms with Gasteiger partial charge in [-0.2, -0.15) is 33.7 Å². The van der Waals surface area contributed by atoms with Crippen molar-refractivity contribution in [2.45, 2.75) is 44.5 Å². The number of aryl methyl sites for hydroxylation is 1. The number of nitrogens with two attached hydrogens (primary N) is 1. The largest absolute Gasteiger partial charge is 0.502 e. The summed E-state index contributed by atoms with van der Waals surface area (Å²) in [7, 11) is 0. The Morgan fingerprint density at radius 1 is 1.00 bits per heavy atom. The fourth-order valence-corrected chi connectivity index (χ4v) is 4.81. The van der Waals surface area contributed by atoms with Crippen LogP contribution in [-0.4, -0.2) is 53.8 Å². The highest BCUT2D eigenvalue weighted by atomic mass is 32.2. The number of halogens is 7. The number of hydrogen-bond donors (Lipinski definition) is 2. The van der Waals surface area contributed by atoms with Gasteiger partial charge in [0.2, 0.25) is 5.91 Å². The highest BCUT2D eigenvalue weighted by Gasteiger charge is 2.84. The summed E-state index contributed by atoms with van der Waals surface area (Å²) in [6, 6.07) is 0.860. The van der Waals surface area contributed by atoms with Gasteiger partial charge in [-0.1, -0.05) is 17.2 Å². The molecular weight excluding hydrogens is 569 g/mol. The summed E-state index contributed by atoms with van der Waals surface area (Å²) < 4.78 is 94.7. The van der Waals surface area contributed by atoms with E-state index >= 15 is 8.78 Å². The summed E-state index contributed by atoms with van der Waals surface area (Å²) in [6.07, 6.45) is -4.73. The van der Waals surface area contributed by atoms with Gasteiger partial charge < -0.3 is 11.1 Å². The molecule has 0 aliphatic carbocycles. The van der Waals surface area contributed by atoms with Gasteiger partial charge in [-0.3, -0.25) is 9.59 Å². The molecule has 16 heteroatoms. The van der Waals surface area contributed by atoms with Crippen LogP contribution in [0.25, 0.3) is 11.1 Å². The first kappa shape index (κ1) is 31.0. The van der Waals surface area contributed by atoms with Gasteiger partial charge in [0.1, 0.15) is 0 Å². The molecular formula is C24H24F7N6O2S+. The Balaban J connectivity index is 2.20. The predicted octanol–water partition coefficient (Wildman–Crippen LogP) is 6.05. The second-order valence-electron chi connectivity index (χ2n) is 9.60. The first-order chi connectivity index (χ1) is 18.3. The molecule has 1 unspecified atom stereocenters. The van der Waals surface area contributed by atoms with E-state index < -0.39 is 45.8 Å². The minimum atomic E-state index is -6.63. The Labute approximate surface area is 228 Å². The Hall–Kier alpha value is -3.53. The summed E-state index contributed by atoms with van der Waals surface area (Å²) in [5, 5.41) is 11.7. The Kier molecular flexibility index (Phi) is 8.11. The summed E-state index contributed by atoms with van der Waals surface area (Å²) in [5.41, 5.74) is 4.15. The lowest BCUT2D eigenvalue weighted by atomic mass is 9.94. The van der Waals surface area contributed by atoms with E-state index in [2.05, 4.69) is 20.9 Å². The molecule has 0 bridgehead atoms. The monoisotopic (exact) mass is 593 g/mol. The number of benzene rings is 2. The molecule has 1 atom stereocenters. The molecule has 0 saturated carbocycles. The first-order valence-corrected chi connectivity index (χ1v) is 12.8. The van der Waals surface area contributed by atoms with Crippen LogP contribution in [0.1, 0.15) is 40.1 Å². The number of primary amides is 1. The van der Waals surface area contributed by atoms with Crippen LogP contribution in [0.4, 0.5) is 36.4 Å². The maximum atomic E-state index is 15.1. The van der Waals surface area contributed by atoms with Crippen molar-refractivity contribution in [3.05, 3.63) is 53.1 Å². The average Bonchev–Trinajstić information content (AvgIpc) is 3.34. The third-order valence-corrected chi connectivity index (χ3v) is 7.04. The van der Waals surface area contributed by atoms with Gasteiger partial charge in [-0.05, 0) is 60.4 Å². The second kappa shape index (κ2) is 10.5. The predicted molar refractivity (Wildman–Crippen MR) is 136 cm³/mol. The van der Waals surface area contributed by atoms with E-state index in [9.17, 15) is 31.5 Å². The molecule has 1 heterocycles. The highest BCUT2D eigenvalue weighted by Crippen LogP contribution is 2.53. The molecule has 3 rings (SSSR count). The Morgan fingerprint density at radius 2 is 1.65 bits per heavy atom. The van der Waals surface area contributed by atoms with Gasteiger partial charge in [0.15, 0.2) is 5.69 Å². The van der Waals surface area contributed by atoms with E-state index in [-0.39, 0.29) is 28.6 Å². The number of nitrogens with zero attached hydrogens (tertiary/aromatic N) is 4. The number of carbonyl (C=O) groups excluding carboxylic acids is 2. The van der Waals surface area contributed by atoms with Crippen molar-refractivity contribution in [1.82, 2.24) is 9.91 Å². The standard InChI is InChI=1S/C24H23F7N6O2S/c1-13-5-7-15(37(12-33-35-36-37)24(30,31)22(25,26)23(27,28)29)10-17(13)14-6-8-16(19(32)38)18(9-14)20(39)34-21(2,3)11-40-4/h5-10,12H,11H2,1-4H3,(H2-,32,34,38,39)/p+1. The van der Waals surface area contributed by atoms with Crippen molar-refractivity contribution in [3.8, 4) is 11.1 Å². The number of carbonyl (C=O) groups is 2. The lowest BCUT2D eigenvalue weighted by Gasteiger charge is -2.35. The number of amides is 2. The number of quaternary nitrogens is 1. The zero-order valence-electron chi connectivity index (χ0n) is 21.5. The molecule has 0 saturated heterocycles. The Bertz CT molecular complexity index is 1380. The van der Waals surface area contributed by atoms with Crippen LogP contribution in [0.3, 0.4) is 0 Å². The topological polar surface area (TPSA) is 109 Å². The molecule has 2 amide bonds. The third kappa shape index (κ3) is 5.29. The number of alkyl halides is 7. The minimum absolute atomic E-state index is 0.0602. The number of hydrogen-bond acceptors (Lipinski definition) is 6. The summed E-state index contributed by atoms with van der Waals surface area (Å²) in [6.45, 7) is 5.00. The van der Waals surface area contributed by atoms with Crippen LogP contribution < -0.4 is 15.6 Å². The fraction of sp³-hybridized carbons (Fsp3) is 0.375. The van der Waals surface area contributed by atoms with Crippen molar-refractivity contribution in [2.75, 3.05) is 12.0 Å². The quantitative estimate of drug-likeness (QED) is 0.210. The molecule has 0 radical (unpaired) electrons. The average molecular weight is 594 g/mol. The maximum Gasteiger partial charge on any atom is 0.502 e. The lowest BCUT2D eigenvalue weighted by Crippen LogP contribution is -2.68. The molecule has 2 aromatic rings. The van der Waals surface area contributed by atoms with E-state index in [0.29, 0.717) is 11.3 Å². The van der Waals surface area contributed by atoms with Crippen LogP contribution in [-0.2, 0) is 0 Å². The second-order valence-corrected chi connectivity index (χ2v) is 10.5. The zero-order valence-corrected chi connectivity index (χ0v) is 22.3. The normalized spacial score (nSPS) is 17.8. The molecule has 216 valence electrons. The van der Waals surface area contributed by atoms with Crippen molar-refractivity contribution >= 4 is 35.6 Å². The Morgan fingerprint density at radius 3 is 2.17 bits per heavy atom. The maximum absolute atomic E-state index is 15.1. The molecule has 0 fully saturated rings. The summed E-state index contributed by atoms with van der Waals surface area (Å²) in [5.74, 6) is -7.63. The molecule has 1 aliphatic rings. The zero-order chi connectivity index (χ0) is 30.3. The highest BCUT2D eigenvalue weighted by molar-refractivity contribution is 7.98. The number of thioether (sulfide) groups is 1. The SMILES string of the molecule is CSCC(C)(C)NC(=O)c1cc(-c2cc([N+]3(C(F)(F)C(F)(F)C(F)(F)F)C=NN=N3)ccc2C)ccc1C(N)=O. The first-order valence-electron chi connectivity index (χ1n) is 11.4. The third-order valence-electron chi connectivity index (χ3n) is 6.03. The van der Waals surface area contributed by atoms with Crippen LogP contribution in [0.5, 0.6) is 0 Å². The van der Waals surface area contributed by atoms with Crippen LogP contribution in [0.15, 0.2) is 51.9 Å². The van der Waals surface area contributed by atoms with Gasteiger partial charge in [0.25, 0.3) is 12.2 Å². The van der Waals surface area contributed by atoms with Crippen molar-refractivity contribution in [3.63, 3.8) is 0 Å². The number of nitrogens with one attached hydrogen (secondary N) is 1. The van der Waals surface area contributed by atoms with Crippen LogP contribution >= 0.6 is 11.8 Å². The molecule has 3 N–H and O–H groups in total. The van der Waals surface area contributed by atoms with Gasteiger partial charge in [-0.25, -0.2) is 0 Å². The minimum Gasteiger partial charge on any atom is -0.366 e. The van der Waals surface area contributed by atoms with E-state index in [4.69, 9.17) is 5.73 Å². The molecule has 40 heavy (non-hydrogen) atoms. The lowest BCUT2D eigenvalue weighted by molar-refractivity contribution is -0.377. The summed E-state index contributed by atoms with van der Waals surface area (Å²) in [4.78, 5) is 25.2. The summed E-state index contributed by atoms with van der Waals surface area (Å²) >= 11 is 1.46. The van der Waals surface area contributed by atoms with Crippen molar-refractivity contribution in [1.29, 1.82) is 0 Å². The number of rotatable bonds is 9. The van der Waals surface area contributed by atoms with Crippen molar-refractivity contribution in [2.24, 2.45) is 21.3 Å². The van der Waals surface area contributed by atoms with E-state index in [1.165, 1.54) is 43.0 Å². The van der Waals surface area contributed by atoms with Crippen LogP contribution in [0, 0.1) is 6.92 Å². The van der Waals surface area contributed by atoms with E-state index in [1.807, 2.05) is 6.26 Å². The van der Waals surface area contributed by atoms with Gasteiger partial charge in [0.05, 0.1) is 16.4 Å². The molecule has 1 aliphatic heterocycles. The molecule has 8 nitrogen and oxygen atoms in total. The van der Waals surface area contributed by atoms with E-state index in [0.717, 1.165) is 12.1 Å². The smallest absolute Gasteiger partial charge is 0.366 e. The van der Waals surface area contributed by atoms with Crippen molar-refractivity contribution < 1.29 is 40.3 Å². The van der Waals surface area contributed by atoms with Crippen LogP contribution in [0.2, 0.25) is 0 Å². The van der Waals surface area contributed by atoms with Gasteiger partial charge >= 0.3 is 18.1 Å². The molecule has 0 aromatic heterocycles. The van der Waals surface area contributed by atoms with Gasteiger partial charge in [-0.15, -0.1) is 8.78 Å². The molecule has 0 spiro atoms. The fourth-order valence-electron chi connectivity index (χ4n) is 4.02. The molecule has 2 aromatic carbocycles. The van der Waals surface area contributed by atoms with E-state index in [1.54, 1.807) is 13.8 Å². The van der Waals surface area contributed by atoms with Gasteiger partial charge in [0, 0.05) is 28.6 Å².